The summed E-state index contributed by atoms with van der Waals surface area (Å²) in [6.45, 7) is 6.08. The number of carbonyl (C=O) groups excluding carboxylic acids is 1. The van der Waals surface area contributed by atoms with Crippen molar-refractivity contribution in [3.05, 3.63) is 62.7 Å². The van der Waals surface area contributed by atoms with Crippen LogP contribution >= 0.6 is 0 Å². The number of rotatable bonds is 4. The zero-order valence-corrected chi connectivity index (χ0v) is 19.0. The van der Waals surface area contributed by atoms with Crippen molar-refractivity contribution in [3.63, 3.8) is 0 Å². The first-order valence-corrected chi connectivity index (χ1v) is 11.9. The maximum atomic E-state index is 13.7. The molecule has 1 aromatic carbocycles. The van der Waals surface area contributed by atoms with Crippen LogP contribution in [0.4, 0.5) is 5.69 Å². The van der Waals surface area contributed by atoms with Gasteiger partial charge in [-0.25, -0.2) is 13.7 Å². The third-order valence-electron chi connectivity index (χ3n) is 5.97. The lowest BCUT2D eigenvalue weighted by Crippen LogP contribution is -2.39. The fourth-order valence-corrected chi connectivity index (χ4v) is 4.72. The summed E-state index contributed by atoms with van der Waals surface area (Å²) in [5.41, 5.74) is 4.45. The van der Waals surface area contributed by atoms with Crippen LogP contribution in [0.1, 0.15) is 58.2 Å². The second-order valence-electron chi connectivity index (χ2n) is 8.10. The van der Waals surface area contributed by atoms with Gasteiger partial charge in [0.1, 0.15) is 11.0 Å². The maximum absolute atomic E-state index is 13.7. The van der Waals surface area contributed by atoms with Crippen molar-refractivity contribution in [3.8, 4) is 0 Å². The number of hydrogen-bond acceptors (Lipinski definition) is 4. The van der Waals surface area contributed by atoms with E-state index in [0.29, 0.717) is 34.7 Å². The van der Waals surface area contributed by atoms with E-state index in [2.05, 4.69) is 14.8 Å². The topological polar surface area (TPSA) is 99.6 Å². The first-order valence-electron chi connectivity index (χ1n) is 10.4. The molecule has 2 aromatic heterocycles. The van der Waals surface area contributed by atoms with Crippen molar-refractivity contribution in [2.24, 2.45) is 0 Å². The van der Waals surface area contributed by atoms with E-state index in [1.54, 1.807) is 19.2 Å². The fourth-order valence-electron chi connectivity index (χ4n) is 4.24. The van der Waals surface area contributed by atoms with E-state index in [0.717, 1.165) is 30.5 Å². The number of amides is 1. The Balaban J connectivity index is 1.77. The molecule has 8 nitrogen and oxygen atoms in total. The molecule has 3 aromatic rings. The zero-order valence-electron chi connectivity index (χ0n) is 18.2. The standard InChI is InChI=1S/C22H27N5O3S/c1-13-8-7-9-16(25-31(4)30)20(13)22(29)26-11-6-5-10-18(26)17-12-19-23-15(3)14(2)21(28)27(19)24-17/h7-9,12,18,24-25H,5-6,10-11H2,1-4H3/t18-,31?/m0/s1. The molecule has 0 saturated carbocycles. The minimum absolute atomic E-state index is 0.109. The lowest BCUT2D eigenvalue weighted by atomic mass is 9.96. The largest absolute Gasteiger partial charge is 0.330 e. The van der Waals surface area contributed by atoms with Crippen LogP contribution in [0.15, 0.2) is 29.1 Å². The van der Waals surface area contributed by atoms with Crippen LogP contribution in [0.3, 0.4) is 0 Å². The van der Waals surface area contributed by atoms with Crippen molar-refractivity contribution >= 4 is 28.2 Å². The Hall–Kier alpha value is -2.94. The van der Waals surface area contributed by atoms with Gasteiger partial charge < -0.3 is 9.62 Å². The smallest absolute Gasteiger partial charge is 0.275 e. The number of aromatic nitrogens is 3. The normalized spacial score (nSPS) is 17.7. The minimum Gasteiger partial charge on any atom is -0.330 e. The van der Waals surface area contributed by atoms with Gasteiger partial charge in [0.25, 0.3) is 11.5 Å². The number of hydrogen-bond donors (Lipinski definition) is 2. The van der Waals surface area contributed by atoms with Gasteiger partial charge in [0, 0.05) is 30.1 Å². The monoisotopic (exact) mass is 441 g/mol. The predicted octanol–water partition coefficient (Wildman–Crippen LogP) is 3.02. The summed E-state index contributed by atoms with van der Waals surface area (Å²) in [7, 11) is -1.29. The lowest BCUT2D eigenvalue weighted by molar-refractivity contribution is 0.0606. The number of nitrogens with zero attached hydrogens (tertiary/aromatic N) is 3. The number of nitrogens with one attached hydrogen (secondary N) is 2. The van der Waals surface area contributed by atoms with Crippen molar-refractivity contribution in [1.29, 1.82) is 0 Å². The lowest BCUT2D eigenvalue weighted by Gasteiger charge is -2.36. The number of piperidine rings is 1. The molecule has 2 N–H and O–H groups in total. The number of carbonyl (C=O) groups is 1. The molecule has 9 heteroatoms. The Morgan fingerprint density at radius 2 is 2.03 bits per heavy atom. The van der Waals surface area contributed by atoms with Crippen molar-refractivity contribution in [1.82, 2.24) is 19.5 Å². The van der Waals surface area contributed by atoms with E-state index in [4.69, 9.17) is 0 Å². The van der Waals surface area contributed by atoms with E-state index >= 15 is 0 Å². The average Bonchev–Trinajstić information content (AvgIpc) is 3.15. The fraction of sp³-hybridized carbons (Fsp3) is 0.409. The third-order valence-corrected chi connectivity index (χ3v) is 6.47. The molecule has 0 radical (unpaired) electrons. The molecule has 0 spiro atoms. The van der Waals surface area contributed by atoms with E-state index in [-0.39, 0.29) is 17.5 Å². The summed E-state index contributed by atoms with van der Waals surface area (Å²) in [4.78, 5) is 32.7. The van der Waals surface area contributed by atoms with Gasteiger partial charge in [-0.15, -0.1) is 0 Å². The van der Waals surface area contributed by atoms with E-state index in [9.17, 15) is 13.8 Å². The van der Waals surface area contributed by atoms with Crippen LogP contribution in [0, 0.1) is 20.8 Å². The number of likely N-dealkylation sites (tertiary alicyclic amines) is 1. The molecule has 1 saturated heterocycles. The Morgan fingerprint density at radius 1 is 1.26 bits per heavy atom. The second kappa shape index (κ2) is 8.30. The highest BCUT2D eigenvalue weighted by Gasteiger charge is 2.32. The van der Waals surface area contributed by atoms with Crippen LogP contribution in [-0.2, 0) is 11.0 Å². The molecule has 31 heavy (non-hydrogen) atoms. The first-order chi connectivity index (χ1) is 14.8. The SMILES string of the molecule is Cc1cccc(NS(C)=O)c1C(=O)N1CCCC[C@H]1c1cc2nc(C)c(C)c(=O)n2[nH]1. The minimum atomic E-state index is -1.29. The van der Waals surface area contributed by atoms with Gasteiger partial charge in [-0.1, -0.05) is 12.1 Å². The highest BCUT2D eigenvalue weighted by Crippen LogP contribution is 2.33. The van der Waals surface area contributed by atoms with E-state index in [1.165, 1.54) is 4.52 Å². The second-order valence-corrected chi connectivity index (χ2v) is 9.21. The maximum Gasteiger partial charge on any atom is 0.275 e. The Labute approximate surface area is 183 Å². The first kappa shape index (κ1) is 21.3. The molecule has 1 aliphatic rings. The molecular weight excluding hydrogens is 414 g/mol. The van der Waals surface area contributed by atoms with Gasteiger partial charge in [0.2, 0.25) is 0 Å². The quantitative estimate of drug-likeness (QED) is 0.650. The summed E-state index contributed by atoms with van der Waals surface area (Å²) in [5.74, 6) is -0.109. The molecular formula is C22H27N5O3S. The summed E-state index contributed by atoms with van der Waals surface area (Å²) in [6, 6.07) is 7.17. The Morgan fingerprint density at radius 3 is 2.77 bits per heavy atom. The van der Waals surface area contributed by atoms with Gasteiger partial charge >= 0.3 is 0 Å². The van der Waals surface area contributed by atoms with Gasteiger partial charge in [0.05, 0.1) is 23.0 Å². The van der Waals surface area contributed by atoms with Gasteiger partial charge in [0.15, 0.2) is 5.65 Å². The van der Waals surface area contributed by atoms with Crippen molar-refractivity contribution in [2.45, 2.75) is 46.1 Å². The molecule has 1 aliphatic heterocycles. The van der Waals surface area contributed by atoms with Gasteiger partial charge in [-0.05, 0) is 51.7 Å². The highest BCUT2D eigenvalue weighted by molar-refractivity contribution is 7.85. The van der Waals surface area contributed by atoms with E-state index < -0.39 is 11.0 Å². The molecule has 2 atom stereocenters. The molecule has 3 heterocycles. The third kappa shape index (κ3) is 3.89. The molecule has 4 rings (SSSR count). The summed E-state index contributed by atoms with van der Waals surface area (Å²) >= 11 is 0. The number of H-pyrrole nitrogens is 1. The summed E-state index contributed by atoms with van der Waals surface area (Å²) < 4.78 is 16.1. The molecule has 1 unspecified atom stereocenters. The Bertz CT molecular complexity index is 1250. The summed E-state index contributed by atoms with van der Waals surface area (Å²) in [5, 5.41) is 3.18. The number of anilines is 1. The molecule has 0 bridgehead atoms. The van der Waals surface area contributed by atoms with Crippen LogP contribution in [0.5, 0.6) is 0 Å². The van der Waals surface area contributed by atoms with E-state index in [1.807, 2.05) is 36.9 Å². The highest BCUT2D eigenvalue weighted by atomic mass is 32.2. The predicted molar refractivity (Wildman–Crippen MR) is 122 cm³/mol. The summed E-state index contributed by atoms with van der Waals surface area (Å²) in [6.07, 6.45) is 4.23. The zero-order chi connectivity index (χ0) is 22.3. The van der Waals surface area contributed by atoms with Crippen molar-refractivity contribution < 1.29 is 9.00 Å². The van der Waals surface area contributed by atoms with Gasteiger partial charge in [-0.3, -0.25) is 14.7 Å². The molecule has 1 fully saturated rings. The van der Waals surface area contributed by atoms with Crippen molar-refractivity contribution in [2.75, 3.05) is 17.5 Å². The molecule has 1 amide bonds. The Kier molecular flexibility index (Phi) is 5.70. The van der Waals surface area contributed by atoms with Gasteiger partial charge in [-0.2, -0.15) is 0 Å². The van der Waals surface area contributed by atoms with Crippen LogP contribution in [0.2, 0.25) is 0 Å². The average molecular weight is 442 g/mol. The molecule has 0 aliphatic carbocycles. The molecule has 164 valence electrons. The number of aromatic amines is 1. The van der Waals surface area contributed by atoms with Crippen LogP contribution < -0.4 is 10.3 Å². The number of fused-ring (bicyclic) bond motifs is 1. The number of benzene rings is 1. The van der Waals surface area contributed by atoms with Crippen LogP contribution in [0.25, 0.3) is 5.65 Å². The number of aryl methyl sites for hydroxylation is 2. The van der Waals surface area contributed by atoms with Crippen LogP contribution in [-0.4, -0.2) is 42.4 Å².